The first-order chi connectivity index (χ1) is 18.0. The molecule has 0 atom stereocenters. The molecule has 1 aliphatic rings. The predicted molar refractivity (Wildman–Crippen MR) is 143 cm³/mol. The molecular weight excluding hydrogens is 466 g/mol. The number of carbonyl (C=O) groups is 2. The summed E-state index contributed by atoms with van der Waals surface area (Å²) in [5.41, 5.74) is 4.07. The Labute approximate surface area is 216 Å². The minimum atomic E-state index is -0.373. The summed E-state index contributed by atoms with van der Waals surface area (Å²) in [7, 11) is 0. The van der Waals surface area contributed by atoms with E-state index in [2.05, 4.69) is 0 Å². The molecule has 0 aliphatic carbocycles. The van der Waals surface area contributed by atoms with Crippen molar-refractivity contribution in [1.29, 1.82) is 0 Å². The van der Waals surface area contributed by atoms with Crippen LogP contribution in [-0.4, -0.2) is 42.9 Å². The summed E-state index contributed by atoms with van der Waals surface area (Å²) in [5, 5.41) is 0.728. The van der Waals surface area contributed by atoms with Crippen LogP contribution in [0.3, 0.4) is 0 Å². The van der Waals surface area contributed by atoms with E-state index in [4.69, 9.17) is 13.9 Å². The molecule has 0 bridgehead atoms. The van der Waals surface area contributed by atoms with Gasteiger partial charge in [0.1, 0.15) is 6.10 Å². The third-order valence-electron chi connectivity index (χ3n) is 6.53. The number of benzene rings is 3. The number of fused-ring (bicyclic) bond motifs is 1. The second-order valence-corrected chi connectivity index (χ2v) is 9.11. The highest BCUT2D eigenvalue weighted by Crippen LogP contribution is 2.38. The lowest BCUT2D eigenvalue weighted by Gasteiger charge is -2.26. The summed E-state index contributed by atoms with van der Waals surface area (Å²) in [6.45, 7) is 5.60. The number of furan rings is 1. The Hall–Kier alpha value is -4.16. The zero-order chi connectivity index (χ0) is 25.8. The van der Waals surface area contributed by atoms with Crippen LogP contribution in [-0.2, 0) is 9.53 Å². The molecule has 1 saturated heterocycles. The third-order valence-corrected chi connectivity index (χ3v) is 6.53. The molecule has 188 valence electrons. The van der Waals surface area contributed by atoms with Crippen LogP contribution in [0.5, 0.6) is 5.75 Å². The largest absolute Gasteiger partial charge is 0.477 e. The SMILES string of the molecule is CC(=O)c1cc2c(/C(C)=C/C(=O)N3CCOCC3)ccc(OC(c3ccccc3)c3ccccc3)c2o1. The molecule has 2 heterocycles. The van der Waals surface area contributed by atoms with Crippen LogP contribution in [0, 0.1) is 0 Å². The molecule has 1 fully saturated rings. The summed E-state index contributed by atoms with van der Waals surface area (Å²) in [6.07, 6.45) is 1.26. The van der Waals surface area contributed by atoms with Crippen molar-refractivity contribution in [2.24, 2.45) is 0 Å². The molecule has 1 aliphatic heterocycles. The Bertz CT molecular complexity index is 1390. The number of rotatable bonds is 7. The lowest BCUT2D eigenvalue weighted by atomic mass is 10.00. The normalized spacial score (nSPS) is 14.2. The van der Waals surface area contributed by atoms with Crippen molar-refractivity contribution in [3.63, 3.8) is 0 Å². The lowest BCUT2D eigenvalue weighted by Crippen LogP contribution is -2.39. The number of hydrogen-bond acceptors (Lipinski definition) is 5. The highest BCUT2D eigenvalue weighted by Gasteiger charge is 2.22. The number of allylic oxidation sites excluding steroid dienone is 1. The minimum Gasteiger partial charge on any atom is -0.477 e. The number of hydrogen-bond donors (Lipinski definition) is 0. The van der Waals surface area contributed by atoms with Crippen LogP contribution in [0.15, 0.2) is 89.4 Å². The van der Waals surface area contributed by atoms with Crippen molar-refractivity contribution in [3.8, 4) is 5.75 Å². The first-order valence-electron chi connectivity index (χ1n) is 12.4. The molecule has 6 nitrogen and oxygen atoms in total. The molecule has 3 aromatic carbocycles. The first kappa shape index (κ1) is 24.5. The van der Waals surface area contributed by atoms with Crippen molar-refractivity contribution < 1.29 is 23.5 Å². The zero-order valence-corrected chi connectivity index (χ0v) is 21.0. The molecule has 37 heavy (non-hydrogen) atoms. The van der Waals surface area contributed by atoms with Crippen LogP contribution >= 0.6 is 0 Å². The van der Waals surface area contributed by atoms with E-state index in [1.54, 1.807) is 17.0 Å². The Balaban J connectivity index is 1.56. The number of morpholine rings is 1. The average Bonchev–Trinajstić information content (AvgIpc) is 3.39. The fraction of sp³-hybridized carbons (Fsp3) is 0.226. The van der Waals surface area contributed by atoms with Gasteiger partial charge in [-0.15, -0.1) is 0 Å². The van der Waals surface area contributed by atoms with Crippen LogP contribution < -0.4 is 4.74 Å². The fourth-order valence-corrected chi connectivity index (χ4v) is 4.56. The number of amides is 1. The van der Waals surface area contributed by atoms with E-state index in [1.807, 2.05) is 79.7 Å². The minimum absolute atomic E-state index is 0.0576. The van der Waals surface area contributed by atoms with Gasteiger partial charge in [0.2, 0.25) is 5.91 Å². The Morgan fingerprint density at radius 2 is 1.51 bits per heavy atom. The molecule has 0 unspecified atom stereocenters. The molecule has 1 aromatic heterocycles. The highest BCUT2D eigenvalue weighted by molar-refractivity contribution is 6.03. The van der Waals surface area contributed by atoms with E-state index in [9.17, 15) is 9.59 Å². The number of nitrogens with zero attached hydrogens (tertiary/aromatic N) is 1. The van der Waals surface area contributed by atoms with Gasteiger partial charge in [-0.05, 0) is 41.3 Å². The van der Waals surface area contributed by atoms with Gasteiger partial charge in [-0.25, -0.2) is 0 Å². The summed E-state index contributed by atoms with van der Waals surface area (Å²) < 4.78 is 18.0. The van der Waals surface area contributed by atoms with Crippen LogP contribution in [0.1, 0.15) is 47.2 Å². The quantitative estimate of drug-likeness (QED) is 0.230. The number of ether oxygens (including phenoxy) is 2. The molecule has 0 N–H and O–H groups in total. The van der Waals surface area contributed by atoms with Crippen molar-refractivity contribution in [2.45, 2.75) is 20.0 Å². The van der Waals surface area contributed by atoms with Gasteiger partial charge in [0.25, 0.3) is 0 Å². The number of Topliss-reactive ketones (excluding diaryl/α,β-unsaturated/α-hetero) is 1. The number of carbonyl (C=O) groups excluding carboxylic acids is 2. The second-order valence-electron chi connectivity index (χ2n) is 9.11. The second kappa shape index (κ2) is 10.8. The maximum Gasteiger partial charge on any atom is 0.246 e. The van der Waals surface area contributed by atoms with Gasteiger partial charge in [0, 0.05) is 31.5 Å². The van der Waals surface area contributed by atoms with Crippen LogP contribution in [0.2, 0.25) is 0 Å². The summed E-state index contributed by atoms with van der Waals surface area (Å²) >= 11 is 0. The third kappa shape index (κ3) is 5.34. The maximum absolute atomic E-state index is 12.8. The molecular formula is C31H29NO5. The topological polar surface area (TPSA) is 69.0 Å². The standard InChI is InChI=1S/C31H29NO5/c1-21(19-29(34)32-15-17-35-18-16-32)25-13-14-27(31-26(25)20-28(37-31)22(2)33)36-30(23-9-5-3-6-10-23)24-11-7-4-8-12-24/h3-14,19-20,30H,15-18H2,1-2H3/b21-19+. The van der Waals surface area contributed by atoms with E-state index in [-0.39, 0.29) is 23.6 Å². The predicted octanol–water partition coefficient (Wildman–Crippen LogP) is 6.07. The lowest BCUT2D eigenvalue weighted by molar-refractivity contribution is -0.129. The van der Waals surface area contributed by atoms with Crippen LogP contribution in [0.4, 0.5) is 0 Å². The van der Waals surface area contributed by atoms with Crippen molar-refractivity contribution in [1.82, 2.24) is 4.90 Å². The molecule has 0 saturated carbocycles. The summed E-state index contributed by atoms with van der Waals surface area (Å²) in [6, 6.07) is 25.5. The molecule has 0 radical (unpaired) electrons. The highest BCUT2D eigenvalue weighted by atomic mass is 16.5. The van der Waals surface area contributed by atoms with Gasteiger partial charge in [-0.3, -0.25) is 9.59 Å². The average molecular weight is 496 g/mol. The Kier molecular flexibility index (Phi) is 7.19. The molecule has 4 aromatic rings. The van der Waals surface area contributed by atoms with Gasteiger partial charge in [0.05, 0.1) is 13.2 Å². The zero-order valence-electron chi connectivity index (χ0n) is 21.0. The van der Waals surface area contributed by atoms with Gasteiger partial charge in [-0.2, -0.15) is 0 Å². The van der Waals surface area contributed by atoms with Crippen molar-refractivity contribution in [2.75, 3.05) is 26.3 Å². The van der Waals surface area contributed by atoms with Gasteiger partial charge in [0.15, 0.2) is 22.9 Å². The van der Waals surface area contributed by atoms with Crippen molar-refractivity contribution >= 4 is 28.2 Å². The van der Waals surface area contributed by atoms with E-state index >= 15 is 0 Å². The Morgan fingerprint density at radius 3 is 2.11 bits per heavy atom. The summed E-state index contributed by atoms with van der Waals surface area (Å²) in [4.78, 5) is 26.9. The van der Waals surface area contributed by atoms with E-state index < -0.39 is 0 Å². The molecule has 0 spiro atoms. The molecule has 6 heteroatoms. The van der Waals surface area contributed by atoms with Gasteiger partial charge < -0.3 is 18.8 Å². The van der Waals surface area contributed by atoms with E-state index in [1.165, 1.54) is 6.92 Å². The monoisotopic (exact) mass is 495 g/mol. The smallest absolute Gasteiger partial charge is 0.246 e. The first-order valence-corrected chi connectivity index (χ1v) is 12.4. The Morgan fingerprint density at radius 1 is 0.892 bits per heavy atom. The van der Waals surface area contributed by atoms with E-state index in [0.717, 1.165) is 27.6 Å². The molecule has 1 amide bonds. The van der Waals surface area contributed by atoms with Crippen LogP contribution in [0.25, 0.3) is 16.5 Å². The van der Waals surface area contributed by atoms with Crippen molar-refractivity contribution in [3.05, 3.63) is 107 Å². The number of ketones is 1. The summed E-state index contributed by atoms with van der Waals surface area (Å²) in [5.74, 6) is 0.534. The van der Waals surface area contributed by atoms with Gasteiger partial charge >= 0.3 is 0 Å². The van der Waals surface area contributed by atoms with Gasteiger partial charge in [-0.1, -0.05) is 66.7 Å². The fourth-order valence-electron chi connectivity index (χ4n) is 4.56. The molecule has 5 rings (SSSR count). The maximum atomic E-state index is 12.8. The van der Waals surface area contributed by atoms with E-state index in [0.29, 0.717) is 37.6 Å².